The van der Waals surface area contributed by atoms with Gasteiger partial charge in [0.25, 0.3) is 0 Å². The molecule has 2 bridgehead atoms. The molecule has 0 amide bonds. The van der Waals surface area contributed by atoms with Gasteiger partial charge in [-0.15, -0.1) is 0 Å². The number of benzene rings is 1. The van der Waals surface area contributed by atoms with Gasteiger partial charge in [-0.3, -0.25) is 0 Å². The van der Waals surface area contributed by atoms with Crippen LogP contribution in [0.15, 0.2) is 36.4 Å². The number of methoxy groups -OCH3 is 1. The van der Waals surface area contributed by atoms with Gasteiger partial charge in [0, 0.05) is 25.2 Å². The number of hydrogen-bond donors (Lipinski definition) is 2. The summed E-state index contributed by atoms with van der Waals surface area (Å²) in [7, 11) is 1.56. The van der Waals surface area contributed by atoms with Gasteiger partial charge in [-0.2, -0.15) is 0 Å². The number of carboxylic acids is 2. The van der Waals surface area contributed by atoms with Crippen LogP contribution in [0, 0.1) is 0 Å². The van der Waals surface area contributed by atoms with Crippen molar-refractivity contribution in [1.29, 1.82) is 0 Å². The number of fused-ring (bicyclic) bond motifs is 3. The minimum absolute atomic E-state index is 0.227. The van der Waals surface area contributed by atoms with E-state index >= 15 is 0 Å². The van der Waals surface area contributed by atoms with E-state index in [4.69, 9.17) is 14.9 Å². The van der Waals surface area contributed by atoms with E-state index in [9.17, 15) is 9.59 Å². The van der Waals surface area contributed by atoms with Crippen molar-refractivity contribution in [2.24, 2.45) is 0 Å². The van der Waals surface area contributed by atoms with Gasteiger partial charge >= 0.3 is 11.9 Å². The highest BCUT2D eigenvalue weighted by Gasteiger charge is 2.29. The second kappa shape index (κ2) is 5.71. The van der Waals surface area contributed by atoms with Crippen LogP contribution in [-0.2, 0) is 14.3 Å². The van der Waals surface area contributed by atoms with Crippen molar-refractivity contribution < 1.29 is 24.5 Å². The molecule has 0 fully saturated rings. The average molecular weight is 274 g/mol. The first kappa shape index (κ1) is 14.0. The first-order valence-corrected chi connectivity index (χ1v) is 6.01. The molecule has 2 aliphatic rings. The summed E-state index contributed by atoms with van der Waals surface area (Å²) in [5.74, 6) is -2.28. The second-order valence-corrected chi connectivity index (χ2v) is 4.44. The zero-order valence-electron chi connectivity index (χ0n) is 10.8. The summed E-state index contributed by atoms with van der Waals surface area (Å²) in [6.07, 6.45) is 4.98. The predicted molar refractivity (Wildman–Crippen MR) is 72.4 cm³/mol. The molecule has 20 heavy (non-hydrogen) atoms. The van der Waals surface area contributed by atoms with Crippen LogP contribution in [0.1, 0.15) is 28.7 Å². The molecule has 2 aliphatic carbocycles. The molecule has 5 heteroatoms. The highest BCUT2D eigenvalue weighted by atomic mass is 16.5. The van der Waals surface area contributed by atoms with Crippen molar-refractivity contribution in [3.63, 3.8) is 0 Å². The molecular formula is C15H14O5. The number of carbonyl (C=O) groups is 2. The van der Waals surface area contributed by atoms with Crippen molar-refractivity contribution in [1.82, 2.24) is 0 Å². The van der Waals surface area contributed by atoms with E-state index in [-0.39, 0.29) is 12.0 Å². The van der Waals surface area contributed by atoms with Crippen LogP contribution in [-0.4, -0.2) is 29.3 Å². The van der Waals surface area contributed by atoms with Gasteiger partial charge in [-0.25, -0.2) is 9.59 Å². The Morgan fingerprint density at radius 2 is 1.90 bits per heavy atom. The Balaban J connectivity index is 2.42. The van der Waals surface area contributed by atoms with Crippen LogP contribution >= 0.6 is 0 Å². The van der Waals surface area contributed by atoms with Gasteiger partial charge in [0.05, 0.1) is 6.10 Å². The molecule has 5 nitrogen and oxygen atoms in total. The molecule has 104 valence electrons. The Morgan fingerprint density at radius 1 is 1.20 bits per heavy atom. The van der Waals surface area contributed by atoms with Crippen LogP contribution in [0.5, 0.6) is 0 Å². The van der Waals surface area contributed by atoms with Gasteiger partial charge in [0.2, 0.25) is 0 Å². The lowest BCUT2D eigenvalue weighted by molar-refractivity contribution is -0.132. The van der Waals surface area contributed by atoms with Gasteiger partial charge in [0.15, 0.2) is 0 Å². The second-order valence-electron chi connectivity index (χ2n) is 4.44. The number of carboxylic acid groups (broad SMARTS) is 2. The van der Waals surface area contributed by atoms with Crippen molar-refractivity contribution in [3.05, 3.63) is 53.1 Å². The SMILES string of the molecule is COC1c2ccc(c(/C=C/C(=O)O)c2)C1/C=C/C(=O)O. The Morgan fingerprint density at radius 3 is 2.50 bits per heavy atom. The molecule has 2 N–H and O–H groups in total. The van der Waals surface area contributed by atoms with Gasteiger partial charge < -0.3 is 14.9 Å². The quantitative estimate of drug-likeness (QED) is 0.804. The van der Waals surface area contributed by atoms with Gasteiger partial charge in [0.1, 0.15) is 0 Å². The Bertz CT molecular complexity index is 600. The van der Waals surface area contributed by atoms with Crippen LogP contribution in [0.2, 0.25) is 0 Å². The summed E-state index contributed by atoms with van der Waals surface area (Å²) in [4.78, 5) is 21.3. The van der Waals surface area contributed by atoms with Crippen LogP contribution < -0.4 is 0 Å². The monoisotopic (exact) mass is 274 g/mol. The molecular weight excluding hydrogens is 260 g/mol. The number of hydrogen-bond acceptors (Lipinski definition) is 3. The maximum absolute atomic E-state index is 10.7. The van der Waals surface area contributed by atoms with E-state index < -0.39 is 11.9 Å². The standard InChI is InChI=1S/C15H14O5/c1-20-15-10-2-4-11(12(15)5-7-14(18)19)9(8-10)3-6-13(16)17/h2-8,12,15H,1H3,(H,16,17)(H,18,19)/b6-3+,7-5+. The third-order valence-corrected chi connectivity index (χ3v) is 3.23. The third-order valence-electron chi connectivity index (χ3n) is 3.23. The van der Waals surface area contributed by atoms with Crippen molar-refractivity contribution in [3.8, 4) is 0 Å². The fourth-order valence-electron chi connectivity index (χ4n) is 2.42. The summed E-state index contributed by atoms with van der Waals surface area (Å²) in [6.45, 7) is 0. The van der Waals surface area contributed by atoms with E-state index in [1.165, 1.54) is 6.08 Å². The zero-order valence-corrected chi connectivity index (χ0v) is 10.8. The maximum atomic E-state index is 10.7. The minimum atomic E-state index is -1.03. The maximum Gasteiger partial charge on any atom is 0.328 e. The smallest absolute Gasteiger partial charge is 0.328 e. The molecule has 0 saturated carbocycles. The number of rotatable bonds is 5. The predicted octanol–water partition coefficient (Wildman–Crippen LogP) is 2.21. The molecule has 2 unspecified atom stereocenters. The molecule has 0 radical (unpaired) electrons. The summed E-state index contributed by atoms with van der Waals surface area (Å²) in [5.41, 5.74) is 2.51. The molecule has 0 heterocycles. The van der Waals surface area contributed by atoms with E-state index in [1.54, 1.807) is 13.2 Å². The first-order valence-electron chi connectivity index (χ1n) is 6.01. The van der Waals surface area contributed by atoms with Crippen LogP contribution in [0.25, 0.3) is 6.08 Å². The topological polar surface area (TPSA) is 83.8 Å². The molecule has 0 aliphatic heterocycles. The van der Waals surface area contributed by atoms with Crippen molar-refractivity contribution >= 4 is 18.0 Å². The summed E-state index contributed by atoms with van der Waals surface area (Å²) in [6, 6.07) is 5.62. The Labute approximate surface area is 115 Å². The van der Waals surface area contributed by atoms with Gasteiger partial charge in [-0.05, 0) is 28.8 Å². The largest absolute Gasteiger partial charge is 0.478 e. The number of ether oxygens (including phenoxy) is 1. The lowest BCUT2D eigenvalue weighted by Crippen LogP contribution is -2.18. The minimum Gasteiger partial charge on any atom is -0.478 e. The Kier molecular flexibility index (Phi) is 4.00. The van der Waals surface area contributed by atoms with E-state index in [0.29, 0.717) is 0 Å². The highest BCUT2D eigenvalue weighted by molar-refractivity contribution is 5.86. The fraction of sp³-hybridized carbons (Fsp3) is 0.200. The zero-order chi connectivity index (χ0) is 14.7. The fourth-order valence-corrected chi connectivity index (χ4v) is 2.42. The van der Waals surface area contributed by atoms with E-state index in [0.717, 1.165) is 28.8 Å². The summed E-state index contributed by atoms with van der Waals surface area (Å²) >= 11 is 0. The number of aliphatic carboxylic acids is 2. The molecule has 0 aromatic heterocycles. The van der Waals surface area contributed by atoms with E-state index in [2.05, 4.69) is 0 Å². The van der Waals surface area contributed by atoms with Gasteiger partial charge in [-0.1, -0.05) is 18.2 Å². The molecule has 0 spiro atoms. The molecule has 1 aromatic carbocycles. The van der Waals surface area contributed by atoms with Crippen molar-refractivity contribution in [2.75, 3.05) is 7.11 Å². The summed E-state index contributed by atoms with van der Waals surface area (Å²) in [5, 5.41) is 17.4. The normalized spacial score (nSPS) is 20.9. The lowest BCUT2D eigenvalue weighted by Gasteiger charge is -2.31. The molecule has 3 rings (SSSR count). The van der Waals surface area contributed by atoms with Crippen LogP contribution in [0.4, 0.5) is 0 Å². The third kappa shape index (κ3) is 2.78. The van der Waals surface area contributed by atoms with Crippen LogP contribution in [0.3, 0.4) is 0 Å². The highest BCUT2D eigenvalue weighted by Crippen LogP contribution is 2.42. The molecule has 2 atom stereocenters. The molecule has 1 aromatic rings. The first-order chi connectivity index (χ1) is 9.52. The average Bonchev–Trinajstić information content (AvgIpc) is 2.42. The van der Waals surface area contributed by atoms with E-state index in [1.807, 2.05) is 18.2 Å². The Hall–Kier alpha value is -2.40. The van der Waals surface area contributed by atoms with Crippen molar-refractivity contribution in [2.45, 2.75) is 12.0 Å². The molecule has 0 saturated heterocycles. The lowest BCUT2D eigenvalue weighted by atomic mass is 9.79. The summed E-state index contributed by atoms with van der Waals surface area (Å²) < 4.78 is 5.41.